The Morgan fingerprint density at radius 3 is 2.62 bits per heavy atom. The van der Waals surface area contributed by atoms with Crippen LogP contribution in [-0.2, 0) is 17.9 Å². The van der Waals surface area contributed by atoms with Gasteiger partial charge in [0.1, 0.15) is 5.82 Å². The summed E-state index contributed by atoms with van der Waals surface area (Å²) in [7, 11) is 0. The molecule has 1 aliphatic rings. The molecule has 10 nitrogen and oxygen atoms in total. The highest BCUT2D eigenvalue weighted by Gasteiger charge is 2.24. The summed E-state index contributed by atoms with van der Waals surface area (Å²) in [6, 6.07) is 9.61. The van der Waals surface area contributed by atoms with Crippen molar-refractivity contribution < 1.29 is 9.84 Å². The third kappa shape index (κ3) is 3.47. The van der Waals surface area contributed by atoms with Gasteiger partial charge in [-0.05, 0) is 36.8 Å². The summed E-state index contributed by atoms with van der Waals surface area (Å²) in [6.45, 7) is 5.52. The molecule has 172 valence electrons. The lowest BCUT2D eigenvalue weighted by atomic mass is 10.2. The van der Waals surface area contributed by atoms with Crippen molar-refractivity contribution in [2.45, 2.75) is 20.1 Å². The Bertz CT molecular complexity index is 1470. The van der Waals surface area contributed by atoms with Crippen LogP contribution in [0.2, 0.25) is 0 Å². The second-order valence-corrected chi connectivity index (χ2v) is 8.16. The fourth-order valence-corrected chi connectivity index (χ4v) is 4.37. The van der Waals surface area contributed by atoms with E-state index in [1.807, 2.05) is 36.5 Å². The normalized spacial score (nSPS) is 14.4. The highest BCUT2D eigenvalue weighted by molar-refractivity contribution is 5.88. The van der Waals surface area contributed by atoms with Gasteiger partial charge in [0, 0.05) is 49.2 Å². The van der Waals surface area contributed by atoms with Crippen molar-refractivity contribution in [2.75, 3.05) is 31.2 Å². The van der Waals surface area contributed by atoms with Crippen LogP contribution in [0.4, 0.5) is 5.82 Å². The van der Waals surface area contributed by atoms with E-state index in [0.717, 1.165) is 57.9 Å². The van der Waals surface area contributed by atoms with E-state index < -0.39 is 0 Å². The van der Waals surface area contributed by atoms with Crippen molar-refractivity contribution in [1.29, 1.82) is 0 Å². The van der Waals surface area contributed by atoms with Gasteiger partial charge in [-0.25, -0.2) is 9.67 Å². The minimum atomic E-state index is -0.0156. The fraction of sp³-hybridized carbons (Fsp3) is 0.292. The molecule has 1 aliphatic heterocycles. The number of fused-ring (bicyclic) bond motifs is 2. The highest BCUT2D eigenvalue weighted by Crippen LogP contribution is 2.30. The average Bonchev–Trinajstić information content (AvgIpc) is 3.50. The van der Waals surface area contributed by atoms with Crippen LogP contribution in [-0.4, -0.2) is 65.7 Å². The smallest absolute Gasteiger partial charge is 0.254 e. The van der Waals surface area contributed by atoms with Gasteiger partial charge < -0.3 is 19.3 Å². The Kier molecular flexibility index (Phi) is 5.16. The summed E-state index contributed by atoms with van der Waals surface area (Å²) < 4.78 is 9.38. The Morgan fingerprint density at radius 1 is 1.03 bits per heavy atom. The lowest BCUT2D eigenvalue weighted by molar-refractivity contribution is 0.122. The van der Waals surface area contributed by atoms with Crippen molar-refractivity contribution in [3.05, 3.63) is 54.5 Å². The molecule has 4 aromatic heterocycles. The molecule has 0 saturated carbocycles. The van der Waals surface area contributed by atoms with Gasteiger partial charge in [0.15, 0.2) is 17.0 Å². The Labute approximate surface area is 195 Å². The second-order valence-electron chi connectivity index (χ2n) is 8.16. The van der Waals surface area contributed by atoms with Crippen LogP contribution in [0.5, 0.6) is 0 Å². The van der Waals surface area contributed by atoms with E-state index in [1.54, 1.807) is 17.1 Å². The van der Waals surface area contributed by atoms with Crippen LogP contribution in [0.15, 0.2) is 48.9 Å². The molecular formula is C24H24N8O2. The van der Waals surface area contributed by atoms with Gasteiger partial charge in [-0.15, -0.1) is 0 Å². The van der Waals surface area contributed by atoms with Crippen molar-refractivity contribution in [2.24, 2.45) is 0 Å². The predicted octanol–water partition coefficient (Wildman–Crippen LogP) is 2.58. The number of aryl methyl sites for hydroxylation is 1. The SMILES string of the molecule is CCn1c(-c2ccncc2)nc2c(N3CCOCC3)nc(-n3cc4cc(CO)ccc4n3)nc21. The fourth-order valence-electron chi connectivity index (χ4n) is 4.37. The molecule has 0 bridgehead atoms. The number of aliphatic hydroxyl groups is 1. The quantitative estimate of drug-likeness (QED) is 0.430. The molecule has 1 N–H and O–H groups in total. The van der Waals surface area contributed by atoms with Crippen molar-refractivity contribution in [3.8, 4) is 17.3 Å². The highest BCUT2D eigenvalue weighted by atomic mass is 16.5. The number of ether oxygens (including phenoxy) is 1. The monoisotopic (exact) mass is 456 g/mol. The van der Waals surface area contributed by atoms with Crippen molar-refractivity contribution >= 4 is 27.9 Å². The summed E-state index contributed by atoms with van der Waals surface area (Å²) in [5.41, 5.74) is 4.15. The lowest BCUT2D eigenvalue weighted by Crippen LogP contribution is -2.37. The zero-order valence-corrected chi connectivity index (χ0v) is 18.8. The number of anilines is 1. The number of imidazole rings is 1. The van der Waals surface area contributed by atoms with Crippen LogP contribution in [0.25, 0.3) is 39.4 Å². The Balaban J connectivity index is 1.58. The first kappa shape index (κ1) is 20.7. The Hall–Kier alpha value is -3.89. The molecule has 5 heterocycles. The van der Waals surface area contributed by atoms with E-state index in [9.17, 15) is 5.11 Å². The molecule has 0 spiro atoms. The molecule has 5 aromatic rings. The van der Waals surface area contributed by atoms with E-state index >= 15 is 0 Å². The second kappa shape index (κ2) is 8.47. The van der Waals surface area contributed by atoms with Crippen LogP contribution in [0.1, 0.15) is 12.5 Å². The summed E-state index contributed by atoms with van der Waals surface area (Å²) in [6.07, 6.45) is 5.43. The molecule has 1 fully saturated rings. The standard InChI is InChI=1S/C24H24N8O2/c1-2-31-21(17-5-7-25-8-6-17)26-20-22(30-9-11-34-12-10-30)27-24(28-23(20)31)32-14-18-13-16(15-33)3-4-19(18)29-32/h3-8,13-14,33H,2,9-12,15H2,1H3. The number of pyridine rings is 1. The predicted molar refractivity (Wildman–Crippen MR) is 128 cm³/mol. The van der Waals surface area contributed by atoms with E-state index in [1.165, 1.54) is 0 Å². The number of rotatable bonds is 5. The summed E-state index contributed by atoms with van der Waals surface area (Å²) in [4.78, 5) is 21.2. The van der Waals surface area contributed by atoms with Crippen molar-refractivity contribution in [1.82, 2.24) is 34.3 Å². The van der Waals surface area contributed by atoms with Gasteiger partial charge in [-0.2, -0.15) is 15.1 Å². The first-order valence-electron chi connectivity index (χ1n) is 11.4. The number of aromatic nitrogens is 7. The molecule has 0 radical (unpaired) electrons. The summed E-state index contributed by atoms with van der Waals surface area (Å²) in [5.74, 6) is 2.09. The number of hydrogen-bond acceptors (Lipinski definition) is 8. The number of morpholine rings is 1. The summed E-state index contributed by atoms with van der Waals surface area (Å²) in [5, 5.41) is 15.1. The number of nitrogens with zero attached hydrogens (tertiary/aromatic N) is 8. The summed E-state index contributed by atoms with van der Waals surface area (Å²) >= 11 is 0. The number of aliphatic hydroxyl groups excluding tert-OH is 1. The molecular weight excluding hydrogens is 432 g/mol. The van der Waals surface area contributed by atoms with Crippen LogP contribution in [0, 0.1) is 0 Å². The van der Waals surface area contributed by atoms with Gasteiger partial charge in [-0.1, -0.05) is 6.07 Å². The van der Waals surface area contributed by atoms with Crippen LogP contribution >= 0.6 is 0 Å². The van der Waals surface area contributed by atoms with Gasteiger partial charge >= 0.3 is 0 Å². The molecule has 10 heteroatoms. The number of hydrogen-bond donors (Lipinski definition) is 1. The van der Waals surface area contributed by atoms with E-state index in [-0.39, 0.29) is 6.61 Å². The number of benzene rings is 1. The van der Waals surface area contributed by atoms with Crippen LogP contribution < -0.4 is 4.90 Å². The van der Waals surface area contributed by atoms with E-state index in [2.05, 4.69) is 21.4 Å². The van der Waals surface area contributed by atoms with E-state index in [4.69, 9.17) is 24.8 Å². The molecule has 6 rings (SSSR count). The molecule has 0 atom stereocenters. The zero-order valence-electron chi connectivity index (χ0n) is 18.8. The first-order valence-corrected chi connectivity index (χ1v) is 11.4. The largest absolute Gasteiger partial charge is 0.392 e. The van der Waals surface area contributed by atoms with Crippen LogP contribution in [0.3, 0.4) is 0 Å². The molecule has 0 aliphatic carbocycles. The lowest BCUT2D eigenvalue weighted by Gasteiger charge is -2.28. The zero-order chi connectivity index (χ0) is 23.1. The third-order valence-corrected chi connectivity index (χ3v) is 6.09. The molecule has 34 heavy (non-hydrogen) atoms. The Morgan fingerprint density at radius 2 is 1.85 bits per heavy atom. The maximum atomic E-state index is 9.49. The molecule has 0 unspecified atom stereocenters. The first-order chi connectivity index (χ1) is 16.7. The topological polar surface area (TPSA) is 107 Å². The van der Waals surface area contributed by atoms with Gasteiger partial charge in [0.05, 0.1) is 25.3 Å². The molecule has 1 aromatic carbocycles. The van der Waals surface area contributed by atoms with Gasteiger partial charge in [-0.3, -0.25) is 4.98 Å². The van der Waals surface area contributed by atoms with Gasteiger partial charge in [0.2, 0.25) is 0 Å². The molecule has 1 saturated heterocycles. The van der Waals surface area contributed by atoms with Crippen molar-refractivity contribution in [3.63, 3.8) is 0 Å². The minimum absolute atomic E-state index is 0.0156. The molecule has 0 amide bonds. The maximum Gasteiger partial charge on any atom is 0.254 e. The third-order valence-electron chi connectivity index (χ3n) is 6.09. The van der Waals surface area contributed by atoms with E-state index in [0.29, 0.717) is 25.7 Å². The maximum absolute atomic E-state index is 9.49. The minimum Gasteiger partial charge on any atom is -0.392 e. The average molecular weight is 457 g/mol. The van der Waals surface area contributed by atoms with Gasteiger partial charge in [0.25, 0.3) is 5.95 Å².